The second kappa shape index (κ2) is 7.36. The summed E-state index contributed by atoms with van der Waals surface area (Å²) in [7, 11) is 0. The van der Waals surface area contributed by atoms with Crippen LogP contribution in [0.5, 0.6) is 11.5 Å². The lowest BCUT2D eigenvalue weighted by Crippen LogP contribution is -2.28. The number of benzene rings is 2. The molecule has 0 bridgehead atoms. The highest BCUT2D eigenvalue weighted by Crippen LogP contribution is 2.40. The van der Waals surface area contributed by atoms with Crippen molar-refractivity contribution in [1.82, 2.24) is 4.90 Å². The van der Waals surface area contributed by atoms with Crippen LogP contribution in [0.2, 0.25) is 0 Å². The standard InChI is InChI=1S/C19H14BrFN2O3S/c1-2-23-18(24)17(27-19(23)22-13-5-3-12(21)4-6-13)8-11-7-15-16(9-14(11)20)26-10-25-15/h3-9H,2,10H2,1H3/b17-8-,22-19?. The Morgan fingerprint density at radius 1 is 1.26 bits per heavy atom. The van der Waals surface area contributed by atoms with Gasteiger partial charge < -0.3 is 9.47 Å². The van der Waals surface area contributed by atoms with Gasteiger partial charge in [-0.1, -0.05) is 15.9 Å². The summed E-state index contributed by atoms with van der Waals surface area (Å²) in [5.74, 6) is 0.874. The molecule has 0 saturated carbocycles. The molecule has 1 saturated heterocycles. The van der Waals surface area contributed by atoms with Crippen molar-refractivity contribution in [3.05, 3.63) is 57.2 Å². The zero-order chi connectivity index (χ0) is 19.0. The summed E-state index contributed by atoms with van der Waals surface area (Å²) in [6.45, 7) is 2.57. The summed E-state index contributed by atoms with van der Waals surface area (Å²) in [4.78, 5) is 19.4. The van der Waals surface area contributed by atoms with Gasteiger partial charge in [0, 0.05) is 11.0 Å². The molecule has 2 heterocycles. The molecule has 27 heavy (non-hydrogen) atoms. The van der Waals surface area contributed by atoms with E-state index < -0.39 is 0 Å². The van der Waals surface area contributed by atoms with Crippen molar-refractivity contribution in [3.8, 4) is 11.5 Å². The molecule has 8 heteroatoms. The van der Waals surface area contributed by atoms with E-state index in [-0.39, 0.29) is 18.5 Å². The molecule has 0 aromatic heterocycles. The van der Waals surface area contributed by atoms with Crippen molar-refractivity contribution < 1.29 is 18.7 Å². The Labute approximate surface area is 168 Å². The van der Waals surface area contributed by atoms with Gasteiger partial charge in [-0.05, 0) is 66.7 Å². The Kier molecular flexibility index (Phi) is 4.92. The first-order chi connectivity index (χ1) is 13.0. The summed E-state index contributed by atoms with van der Waals surface area (Å²) >= 11 is 4.79. The third-order valence-electron chi connectivity index (χ3n) is 4.03. The van der Waals surface area contributed by atoms with Crippen LogP contribution in [-0.4, -0.2) is 29.3 Å². The molecule has 0 aliphatic carbocycles. The maximum atomic E-state index is 13.1. The summed E-state index contributed by atoms with van der Waals surface area (Å²) in [5, 5.41) is 0.567. The Bertz CT molecular complexity index is 976. The van der Waals surface area contributed by atoms with Crippen molar-refractivity contribution >= 4 is 50.5 Å². The Balaban J connectivity index is 1.67. The SMILES string of the molecule is CCN1C(=O)/C(=C/c2cc3c(cc2Br)OCO3)SC1=Nc1ccc(F)cc1. The van der Waals surface area contributed by atoms with Crippen molar-refractivity contribution in [3.63, 3.8) is 0 Å². The molecule has 138 valence electrons. The highest BCUT2D eigenvalue weighted by atomic mass is 79.9. The number of amides is 1. The lowest BCUT2D eigenvalue weighted by atomic mass is 10.2. The van der Waals surface area contributed by atoms with Crippen LogP contribution in [0.25, 0.3) is 6.08 Å². The first-order valence-electron chi connectivity index (χ1n) is 8.20. The number of carbonyl (C=O) groups is 1. The molecule has 4 rings (SSSR count). The number of likely N-dealkylation sites (N-methyl/N-ethyl adjacent to an activating group) is 1. The zero-order valence-electron chi connectivity index (χ0n) is 14.2. The largest absolute Gasteiger partial charge is 0.454 e. The molecular weight excluding hydrogens is 435 g/mol. The summed E-state index contributed by atoms with van der Waals surface area (Å²) in [6.07, 6.45) is 1.80. The van der Waals surface area contributed by atoms with Gasteiger partial charge in [-0.3, -0.25) is 9.69 Å². The molecule has 0 radical (unpaired) electrons. The van der Waals surface area contributed by atoms with Gasteiger partial charge in [-0.15, -0.1) is 0 Å². The fourth-order valence-electron chi connectivity index (χ4n) is 2.68. The topological polar surface area (TPSA) is 51.1 Å². The number of aliphatic imine (C=N–C) groups is 1. The minimum absolute atomic E-state index is 0.118. The highest BCUT2D eigenvalue weighted by molar-refractivity contribution is 9.10. The molecule has 0 spiro atoms. The van der Waals surface area contributed by atoms with Gasteiger partial charge in [0.1, 0.15) is 5.82 Å². The number of hydrogen-bond acceptors (Lipinski definition) is 5. The lowest BCUT2D eigenvalue weighted by Gasteiger charge is -2.11. The summed E-state index contributed by atoms with van der Waals surface area (Å²) in [6, 6.07) is 9.51. The average molecular weight is 449 g/mol. The average Bonchev–Trinajstić information content (AvgIpc) is 3.21. The molecule has 2 aliphatic heterocycles. The van der Waals surface area contributed by atoms with Gasteiger partial charge in [0.15, 0.2) is 16.7 Å². The molecular formula is C19H14BrFN2O3S. The Hall–Kier alpha value is -2.32. The van der Waals surface area contributed by atoms with Crippen LogP contribution in [0.1, 0.15) is 12.5 Å². The Morgan fingerprint density at radius 2 is 1.96 bits per heavy atom. The number of amidine groups is 1. The Morgan fingerprint density at radius 3 is 2.67 bits per heavy atom. The van der Waals surface area contributed by atoms with Crippen LogP contribution in [-0.2, 0) is 4.79 Å². The number of fused-ring (bicyclic) bond motifs is 1. The first kappa shape index (κ1) is 18.1. The van der Waals surface area contributed by atoms with Crippen molar-refractivity contribution in [1.29, 1.82) is 0 Å². The van der Waals surface area contributed by atoms with Crippen LogP contribution < -0.4 is 9.47 Å². The van der Waals surface area contributed by atoms with E-state index in [0.717, 1.165) is 10.0 Å². The van der Waals surface area contributed by atoms with Gasteiger partial charge in [0.2, 0.25) is 6.79 Å². The molecule has 0 atom stereocenters. The van der Waals surface area contributed by atoms with Gasteiger partial charge >= 0.3 is 0 Å². The molecule has 2 aliphatic rings. The maximum absolute atomic E-state index is 13.1. The number of hydrogen-bond donors (Lipinski definition) is 0. The van der Waals surface area contributed by atoms with E-state index in [4.69, 9.17) is 9.47 Å². The van der Waals surface area contributed by atoms with Crippen LogP contribution in [0.3, 0.4) is 0 Å². The third-order valence-corrected chi connectivity index (χ3v) is 5.73. The number of carbonyl (C=O) groups excluding carboxylic acids is 1. The predicted molar refractivity (Wildman–Crippen MR) is 107 cm³/mol. The van der Waals surface area contributed by atoms with E-state index in [9.17, 15) is 9.18 Å². The van der Waals surface area contributed by atoms with Crippen LogP contribution in [0, 0.1) is 5.82 Å². The quantitative estimate of drug-likeness (QED) is 0.623. The van der Waals surface area contributed by atoms with E-state index in [1.165, 1.54) is 23.9 Å². The number of ether oxygens (including phenoxy) is 2. The predicted octanol–water partition coefficient (Wildman–Crippen LogP) is 4.94. The third kappa shape index (κ3) is 3.59. The minimum Gasteiger partial charge on any atom is -0.454 e. The molecule has 1 amide bonds. The highest BCUT2D eigenvalue weighted by Gasteiger charge is 2.32. The van der Waals surface area contributed by atoms with Crippen molar-refractivity contribution in [2.45, 2.75) is 6.92 Å². The van der Waals surface area contributed by atoms with Crippen molar-refractivity contribution in [2.24, 2.45) is 4.99 Å². The summed E-state index contributed by atoms with van der Waals surface area (Å²) < 4.78 is 24.7. The van der Waals surface area contributed by atoms with E-state index in [0.29, 0.717) is 33.8 Å². The zero-order valence-corrected chi connectivity index (χ0v) is 16.6. The first-order valence-corrected chi connectivity index (χ1v) is 9.81. The summed E-state index contributed by atoms with van der Waals surface area (Å²) in [5.41, 5.74) is 1.41. The second-order valence-corrected chi connectivity index (χ2v) is 7.62. The van der Waals surface area contributed by atoms with Gasteiger partial charge in [-0.2, -0.15) is 0 Å². The number of halogens is 2. The fourth-order valence-corrected chi connectivity index (χ4v) is 4.17. The van der Waals surface area contributed by atoms with Crippen molar-refractivity contribution in [2.75, 3.05) is 13.3 Å². The second-order valence-electron chi connectivity index (χ2n) is 5.76. The molecule has 2 aromatic carbocycles. The molecule has 1 fully saturated rings. The number of nitrogens with zero attached hydrogens (tertiary/aromatic N) is 2. The number of thioether (sulfide) groups is 1. The van der Waals surface area contributed by atoms with E-state index in [1.54, 1.807) is 23.1 Å². The monoisotopic (exact) mass is 448 g/mol. The maximum Gasteiger partial charge on any atom is 0.266 e. The van der Waals surface area contributed by atoms with E-state index in [2.05, 4.69) is 20.9 Å². The molecule has 5 nitrogen and oxygen atoms in total. The van der Waals surface area contributed by atoms with Gasteiger partial charge in [0.25, 0.3) is 5.91 Å². The van der Waals surface area contributed by atoms with Gasteiger partial charge in [-0.25, -0.2) is 9.38 Å². The van der Waals surface area contributed by atoms with E-state index >= 15 is 0 Å². The van der Waals surface area contributed by atoms with E-state index in [1.807, 2.05) is 19.1 Å². The molecule has 2 aromatic rings. The van der Waals surface area contributed by atoms with Gasteiger partial charge in [0.05, 0.1) is 10.6 Å². The van der Waals surface area contributed by atoms with Crippen LogP contribution in [0.15, 0.2) is 50.8 Å². The smallest absolute Gasteiger partial charge is 0.266 e. The minimum atomic E-state index is -0.324. The van der Waals surface area contributed by atoms with Crippen LogP contribution >= 0.6 is 27.7 Å². The fraction of sp³-hybridized carbons (Fsp3) is 0.158. The molecule has 0 unspecified atom stereocenters. The molecule has 0 N–H and O–H groups in total. The number of rotatable bonds is 3. The normalized spacial score (nSPS) is 18.8. The van der Waals surface area contributed by atoms with Crippen LogP contribution in [0.4, 0.5) is 10.1 Å². The lowest BCUT2D eigenvalue weighted by molar-refractivity contribution is -0.122.